The van der Waals surface area contributed by atoms with Gasteiger partial charge in [-0.15, -0.1) is 0 Å². The summed E-state index contributed by atoms with van der Waals surface area (Å²) in [6, 6.07) is 24.7. The number of aryl methyl sites for hydroxylation is 2. The average molecular weight is 274 g/mol. The first-order chi connectivity index (χ1) is 10.2. The van der Waals surface area contributed by atoms with Crippen molar-refractivity contribution in [2.45, 2.75) is 13.8 Å². The van der Waals surface area contributed by atoms with Crippen LogP contribution in [0.5, 0.6) is 0 Å². The maximum absolute atomic E-state index is 5.71. The minimum absolute atomic E-state index is 0.966. The first-order valence-corrected chi connectivity index (χ1v) is 7.13. The van der Waals surface area contributed by atoms with E-state index in [9.17, 15) is 0 Å². The molecule has 4 aromatic rings. The van der Waals surface area contributed by atoms with Crippen molar-refractivity contribution in [3.05, 3.63) is 83.9 Å². The Morgan fingerprint density at radius 3 is 1.95 bits per heavy atom. The number of rotatable bonds is 0. The lowest BCUT2D eigenvalue weighted by molar-refractivity contribution is 0.669. The number of para-hydroxylation sites is 1. The van der Waals surface area contributed by atoms with E-state index in [1.165, 1.54) is 21.9 Å². The summed E-state index contributed by atoms with van der Waals surface area (Å²) in [6.45, 7) is 4.18. The highest BCUT2D eigenvalue weighted by atomic mass is 16.3. The highest BCUT2D eigenvalue weighted by Gasteiger charge is 2.04. The molecule has 0 spiro atoms. The Kier molecular flexibility index (Phi) is 3.74. The average Bonchev–Trinajstić information content (AvgIpc) is 2.87. The summed E-state index contributed by atoms with van der Waals surface area (Å²) in [7, 11) is 0. The Labute approximate surface area is 124 Å². The number of benzene rings is 3. The molecule has 0 aliphatic carbocycles. The van der Waals surface area contributed by atoms with Crippen LogP contribution in [-0.2, 0) is 0 Å². The van der Waals surface area contributed by atoms with Crippen LogP contribution in [0, 0.1) is 13.8 Å². The topological polar surface area (TPSA) is 13.1 Å². The molecule has 0 aliphatic rings. The summed E-state index contributed by atoms with van der Waals surface area (Å²) in [6.07, 6.45) is 0. The van der Waals surface area contributed by atoms with Crippen LogP contribution in [0.3, 0.4) is 0 Å². The second-order valence-corrected chi connectivity index (χ2v) is 5.25. The molecule has 0 N–H and O–H groups in total. The molecule has 21 heavy (non-hydrogen) atoms. The summed E-state index contributed by atoms with van der Waals surface area (Å²) in [5.74, 6) is 0. The molecule has 0 unspecified atom stereocenters. The van der Waals surface area contributed by atoms with Crippen LogP contribution >= 0.6 is 0 Å². The lowest BCUT2D eigenvalue weighted by Crippen LogP contribution is -1.69. The summed E-state index contributed by atoms with van der Waals surface area (Å²) in [4.78, 5) is 0. The van der Waals surface area contributed by atoms with E-state index in [1.807, 2.05) is 42.5 Å². The Morgan fingerprint density at radius 2 is 1.24 bits per heavy atom. The van der Waals surface area contributed by atoms with Gasteiger partial charge in [0.15, 0.2) is 0 Å². The fourth-order valence-corrected chi connectivity index (χ4v) is 2.37. The Hall–Kier alpha value is -2.54. The molecule has 0 fully saturated rings. The standard InChI is InChI=1S/C13H10O.C7H8/c1-9-6-7-13-11(8-9)10-4-2-3-5-12(10)14-13;1-7-5-3-2-4-6-7/h2-8H,1H3;2-6H,1H3. The van der Waals surface area contributed by atoms with Gasteiger partial charge in [-0.1, -0.05) is 65.7 Å². The predicted molar refractivity (Wildman–Crippen MR) is 89.6 cm³/mol. The van der Waals surface area contributed by atoms with Crippen molar-refractivity contribution in [3.8, 4) is 0 Å². The molecule has 1 heteroatoms. The van der Waals surface area contributed by atoms with Gasteiger partial charge in [0.05, 0.1) is 0 Å². The summed E-state index contributed by atoms with van der Waals surface area (Å²) < 4.78 is 5.71. The summed E-state index contributed by atoms with van der Waals surface area (Å²) >= 11 is 0. The van der Waals surface area contributed by atoms with Gasteiger partial charge in [0.1, 0.15) is 11.2 Å². The lowest BCUT2D eigenvalue weighted by atomic mass is 10.1. The van der Waals surface area contributed by atoms with E-state index >= 15 is 0 Å². The Balaban J connectivity index is 0.000000160. The fourth-order valence-electron chi connectivity index (χ4n) is 2.37. The SMILES string of the molecule is Cc1ccc2oc3ccccc3c2c1.Cc1ccccc1. The second-order valence-electron chi connectivity index (χ2n) is 5.25. The van der Waals surface area contributed by atoms with Gasteiger partial charge in [0.2, 0.25) is 0 Å². The van der Waals surface area contributed by atoms with Gasteiger partial charge in [-0.3, -0.25) is 0 Å². The van der Waals surface area contributed by atoms with Gasteiger partial charge in [-0.25, -0.2) is 0 Å². The van der Waals surface area contributed by atoms with Crippen LogP contribution in [0.4, 0.5) is 0 Å². The molecule has 1 heterocycles. The third-order valence-corrected chi connectivity index (χ3v) is 3.47. The maximum Gasteiger partial charge on any atom is 0.135 e. The van der Waals surface area contributed by atoms with Crippen LogP contribution in [0.15, 0.2) is 77.2 Å². The molecule has 0 amide bonds. The van der Waals surface area contributed by atoms with Crippen LogP contribution in [-0.4, -0.2) is 0 Å². The first kappa shape index (κ1) is 13.4. The lowest BCUT2D eigenvalue weighted by Gasteiger charge is -1.90. The van der Waals surface area contributed by atoms with Gasteiger partial charge < -0.3 is 4.42 Å². The van der Waals surface area contributed by atoms with Crippen molar-refractivity contribution in [3.63, 3.8) is 0 Å². The molecule has 0 radical (unpaired) electrons. The molecular formula is C20H18O. The quantitative estimate of drug-likeness (QED) is 0.389. The molecule has 104 valence electrons. The summed E-state index contributed by atoms with van der Waals surface area (Å²) in [5.41, 5.74) is 4.52. The van der Waals surface area contributed by atoms with Crippen LogP contribution in [0.25, 0.3) is 21.9 Å². The minimum atomic E-state index is 0.966. The van der Waals surface area contributed by atoms with Gasteiger partial charge in [-0.05, 0) is 32.0 Å². The van der Waals surface area contributed by atoms with Gasteiger partial charge in [0, 0.05) is 10.8 Å². The van der Waals surface area contributed by atoms with E-state index in [1.54, 1.807) is 0 Å². The monoisotopic (exact) mass is 274 g/mol. The van der Waals surface area contributed by atoms with Crippen molar-refractivity contribution in [1.82, 2.24) is 0 Å². The van der Waals surface area contributed by atoms with E-state index in [0.717, 1.165) is 11.2 Å². The number of hydrogen-bond donors (Lipinski definition) is 0. The molecule has 0 saturated carbocycles. The minimum Gasteiger partial charge on any atom is -0.456 e. The Bertz CT molecular complexity index is 857. The number of fused-ring (bicyclic) bond motifs is 3. The molecule has 0 atom stereocenters. The Morgan fingerprint density at radius 1 is 0.571 bits per heavy atom. The van der Waals surface area contributed by atoms with Crippen molar-refractivity contribution in [2.75, 3.05) is 0 Å². The largest absolute Gasteiger partial charge is 0.456 e. The zero-order valence-electron chi connectivity index (χ0n) is 12.3. The molecule has 1 nitrogen and oxygen atoms in total. The molecule has 0 bridgehead atoms. The van der Waals surface area contributed by atoms with E-state index in [-0.39, 0.29) is 0 Å². The first-order valence-electron chi connectivity index (χ1n) is 7.13. The van der Waals surface area contributed by atoms with Crippen LogP contribution in [0.2, 0.25) is 0 Å². The molecule has 0 aliphatic heterocycles. The smallest absolute Gasteiger partial charge is 0.135 e. The van der Waals surface area contributed by atoms with Gasteiger partial charge >= 0.3 is 0 Å². The summed E-state index contributed by atoms with van der Waals surface area (Å²) in [5, 5.41) is 2.41. The highest BCUT2D eigenvalue weighted by Crippen LogP contribution is 2.28. The zero-order valence-corrected chi connectivity index (χ0v) is 12.3. The molecule has 4 rings (SSSR count). The zero-order chi connectivity index (χ0) is 14.7. The van der Waals surface area contributed by atoms with Gasteiger partial charge in [-0.2, -0.15) is 0 Å². The van der Waals surface area contributed by atoms with Crippen molar-refractivity contribution < 1.29 is 4.42 Å². The number of hydrogen-bond acceptors (Lipinski definition) is 1. The van der Waals surface area contributed by atoms with Gasteiger partial charge in [0.25, 0.3) is 0 Å². The van der Waals surface area contributed by atoms with Crippen LogP contribution < -0.4 is 0 Å². The van der Waals surface area contributed by atoms with E-state index < -0.39 is 0 Å². The van der Waals surface area contributed by atoms with Crippen molar-refractivity contribution in [2.24, 2.45) is 0 Å². The third-order valence-electron chi connectivity index (χ3n) is 3.47. The third kappa shape index (κ3) is 2.97. The maximum atomic E-state index is 5.71. The highest BCUT2D eigenvalue weighted by molar-refractivity contribution is 6.04. The molecule has 3 aromatic carbocycles. The van der Waals surface area contributed by atoms with Crippen molar-refractivity contribution in [1.29, 1.82) is 0 Å². The number of furan rings is 1. The van der Waals surface area contributed by atoms with Crippen molar-refractivity contribution >= 4 is 21.9 Å². The second kappa shape index (κ2) is 5.84. The fraction of sp³-hybridized carbons (Fsp3) is 0.100. The van der Waals surface area contributed by atoms with Crippen LogP contribution in [0.1, 0.15) is 11.1 Å². The van der Waals surface area contributed by atoms with E-state index in [0.29, 0.717) is 0 Å². The molecular weight excluding hydrogens is 256 g/mol. The molecule has 0 saturated heterocycles. The van der Waals surface area contributed by atoms with E-state index in [2.05, 4.69) is 44.2 Å². The predicted octanol–water partition coefficient (Wildman–Crippen LogP) is 5.89. The molecule has 1 aromatic heterocycles. The van der Waals surface area contributed by atoms with E-state index in [4.69, 9.17) is 4.42 Å². The normalized spacial score (nSPS) is 10.4.